The van der Waals surface area contributed by atoms with Crippen molar-refractivity contribution in [2.24, 2.45) is 0 Å². The zero-order valence-electron chi connectivity index (χ0n) is 6.46. The van der Waals surface area contributed by atoms with Gasteiger partial charge in [-0.05, 0) is 18.6 Å². The summed E-state index contributed by atoms with van der Waals surface area (Å²) in [5.41, 5.74) is 1.29. The Morgan fingerprint density at radius 2 is 2.45 bits per heavy atom. The fraction of sp³-hybridized carbons (Fsp3) is 0.222. The number of allylic oxidation sites excluding steroid dienone is 3. The Balaban J connectivity index is 2.63. The Morgan fingerprint density at radius 1 is 1.73 bits per heavy atom. The average molecular weight is 150 g/mol. The minimum atomic E-state index is -0.289. The first-order valence-electron chi connectivity index (χ1n) is 3.50. The van der Waals surface area contributed by atoms with Gasteiger partial charge in [-0.25, -0.2) is 4.79 Å². The Labute approximate surface area is 65.9 Å². The monoisotopic (exact) mass is 150 g/mol. The molecule has 0 aromatic carbocycles. The number of carbonyl (C=O) groups excluding carboxylic acids is 1. The van der Waals surface area contributed by atoms with Crippen LogP contribution < -0.4 is 0 Å². The lowest BCUT2D eigenvalue weighted by Crippen LogP contribution is -2.06. The van der Waals surface area contributed by atoms with Crippen LogP contribution in [-0.2, 0) is 9.53 Å². The molecule has 0 saturated heterocycles. The lowest BCUT2D eigenvalue weighted by atomic mass is 10.2. The van der Waals surface area contributed by atoms with E-state index in [9.17, 15) is 4.79 Å². The molecule has 1 aliphatic rings. The van der Waals surface area contributed by atoms with Gasteiger partial charge in [-0.15, -0.1) is 0 Å². The van der Waals surface area contributed by atoms with Crippen molar-refractivity contribution in [2.75, 3.05) is 6.61 Å². The Kier molecular flexibility index (Phi) is 2.26. The van der Waals surface area contributed by atoms with Crippen molar-refractivity contribution < 1.29 is 9.53 Å². The molecule has 1 rings (SSSR count). The van der Waals surface area contributed by atoms with Crippen LogP contribution in [0, 0.1) is 0 Å². The van der Waals surface area contributed by atoms with Crippen LogP contribution in [0.1, 0.15) is 6.92 Å². The number of rotatable bonds is 2. The maximum absolute atomic E-state index is 11.1. The highest BCUT2D eigenvalue weighted by molar-refractivity contribution is 5.95. The quantitative estimate of drug-likeness (QED) is 0.559. The van der Waals surface area contributed by atoms with E-state index in [4.69, 9.17) is 4.74 Å². The summed E-state index contributed by atoms with van der Waals surface area (Å²) < 4.78 is 4.79. The third-order valence-electron chi connectivity index (χ3n) is 1.40. The van der Waals surface area contributed by atoms with Crippen molar-refractivity contribution in [1.29, 1.82) is 0 Å². The normalized spacial score (nSPS) is 15.0. The minimum absolute atomic E-state index is 0.289. The summed E-state index contributed by atoms with van der Waals surface area (Å²) in [6.07, 6.45) is 5.28. The van der Waals surface area contributed by atoms with E-state index in [2.05, 4.69) is 6.58 Å². The van der Waals surface area contributed by atoms with Gasteiger partial charge >= 0.3 is 5.97 Å². The molecule has 0 saturated carbocycles. The summed E-state index contributed by atoms with van der Waals surface area (Å²) in [4.78, 5) is 11.1. The highest BCUT2D eigenvalue weighted by atomic mass is 16.5. The number of hydrogen-bond donors (Lipinski definition) is 0. The number of esters is 1. The van der Waals surface area contributed by atoms with Gasteiger partial charge in [0.15, 0.2) is 0 Å². The second-order valence-corrected chi connectivity index (χ2v) is 2.19. The van der Waals surface area contributed by atoms with Crippen molar-refractivity contribution in [2.45, 2.75) is 6.92 Å². The molecule has 0 aromatic heterocycles. The van der Waals surface area contributed by atoms with Crippen molar-refractivity contribution >= 4 is 5.97 Å². The molecule has 0 unspecified atom stereocenters. The summed E-state index contributed by atoms with van der Waals surface area (Å²) in [6.45, 7) is 5.87. The SMILES string of the molecule is C=C1C=CC=C1C(=O)OCC. The zero-order valence-corrected chi connectivity index (χ0v) is 6.46. The second kappa shape index (κ2) is 3.19. The van der Waals surface area contributed by atoms with Crippen molar-refractivity contribution in [3.8, 4) is 0 Å². The predicted molar refractivity (Wildman–Crippen MR) is 43.0 cm³/mol. The standard InChI is InChI=1S/C9H10O2/c1-3-11-9(10)8-6-4-5-7(8)2/h4-6H,2-3H2,1H3. The van der Waals surface area contributed by atoms with E-state index >= 15 is 0 Å². The first-order valence-corrected chi connectivity index (χ1v) is 3.50. The molecule has 0 bridgehead atoms. The second-order valence-electron chi connectivity index (χ2n) is 2.19. The maximum atomic E-state index is 11.1. The van der Waals surface area contributed by atoms with E-state index in [1.165, 1.54) is 0 Å². The third-order valence-corrected chi connectivity index (χ3v) is 1.40. The molecular weight excluding hydrogens is 140 g/mol. The van der Waals surface area contributed by atoms with E-state index in [1.54, 1.807) is 25.2 Å². The van der Waals surface area contributed by atoms with Gasteiger partial charge in [-0.3, -0.25) is 0 Å². The Hall–Kier alpha value is -1.31. The summed E-state index contributed by atoms with van der Waals surface area (Å²) in [5, 5.41) is 0. The van der Waals surface area contributed by atoms with Gasteiger partial charge < -0.3 is 4.74 Å². The first kappa shape index (κ1) is 7.79. The molecule has 2 nitrogen and oxygen atoms in total. The highest BCUT2D eigenvalue weighted by Gasteiger charge is 2.13. The smallest absolute Gasteiger partial charge is 0.338 e. The van der Waals surface area contributed by atoms with Crippen LogP contribution in [-0.4, -0.2) is 12.6 Å². The van der Waals surface area contributed by atoms with Crippen LogP contribution in [0.25, 0.3) is 0 Å². The fourth-order valence-corrected chi connectivity index (χ4v) is 0.865. The largest absolute Gasteiger partial charge is 0.462 e. The summed E-state index contributed by atoms with van der Waals surface area (Å²) in [6, 6.07) is 0. The molecule has 0 N–H and O–H groups in total. The van der Waals surface area contributed by atoms with Gasteiger partial charge in [0.2, 0.25) is 0 Å². The van der Waals surface area contributed by atoms with E-state index in [0.717, 1.165) is 5.57 Å². The minimum Gasteiger partial charge on any atom is -0.462 e. The van der Waals surface area contributed by atoms with Gasteiger partial charge in [0.25, 0.3) is 0 Å². The van der Waals surface area contributed by atoms with Crippen LogP contribution in [0.5, 0.6) is 0 Å². The number of hydrogen-bond acceptors (Lipinski definition) is 2. The molecule has 0 radical (unpaired) electrons. The molecule has 0 aromatic rings. The van der Waals surface area contributed by atoms with Crippen LogP contribution in [0.3, 0.4) is 0 Å². The molecule has 11 heavy (non-hydrogen) atoms. The van der Waals surface area contributed by atoms with Crippen molar-refractivity contribution in [1.82, 2.24) is 0 Å². The first-order chi connectivity index (χ1) is 5.25. The summed E-state index contributed by atoms with van der Waals surface area (Å²) in [7, 11) is 0. The van der Waals surface area contributed by atoms with Gasteiger partial charge in [-0.2, -0.15) is 0 Å². The highest BCUT2D eigenvalue weighted by Crippen LogP contribution is 2.16. The number of carbonyl (C=O) groups is 1. The molecule has 0 aliphatic heterocycles. The topological polar surface area (TPSA) is 26.3 Å². The van der Waals surface area contributed by atoms with Crippen LogP contribution in [0.2, 0.25) is 0 Å². The van der Waals surface area contributed by atoms with E-state index in [1.807, 2.05) is 0 Å². The molecule has 1 aliphatic carbocycles. The lowest BCUT2D eigenvalue weighted by Gasteiger charge is -2.01. The fourth-order valence-electron chi connectivity index (χ4n) is 0.865. The zero-order chi connectivity index (χ0) is 8.27. The molecule has 0 heterocycles. The van der Waals surface area contributed by atoms with Crippen LogP contribution >= 0.6 is 0 Å². The van der Waals surface area contributed by atoms with E-state index in [0.29, 0.717) is 12.2 Å². The Bertz CT molecular complexity index is 246. The van der Waals surface area contributed by atoms with Crippen molar-refractivity contribution in [3.05, 3.63) is 36.0 Å². The predicted octanol–water partition coefficient (Wildman–Crippen LogP) is 1.60. The Morgan fingerprint density at radius 3 is 2.91 bits per heavy atom. The lowest BCUT2D eigenvalue weighted by molar-refractivity contribution is -0.138. The van der Waals surface area contributed by atoms with Gasteiger partial charge in [0.1, 0.15) is 0 Å². The maximum Gasteiger partial charge on any atom is 0.338 e. The van der Waals surface area contributed by atoms with Gasteiger partial charge in [0.05, 0.1) is 12.2 Å². The van der Waals surface area contributed by atoms with Gasteiger partial charge in [-0.1, -0.05) is 18.7 Å². The van der Waals surface area contributed by atoms with E-state index in [-0.39, 0.29) is 5.97 Å². The summed E-state index contributed by atoms with van der Waals surface area (Å²) in [5.74, 6) is -0.289. The summed E-state index contributed by atoms with van der Waals surface area (Å²) >= 11 is 0. The molecule has 0 amide bonds. The average Bonchev–Trinajstić information content (AvgIpc) is 2.36. The van der Waals surface area contributed by atoms with Gasteiger partial charge in [0, 0.05) is 0 Å². The number of ether oxygens (including phenoxy) is 1. The molecule has 0 spiro atoms. The molecule has 2 heteroatoms. The third kappa shape index (κ3) is 1.58. The molecular formula is C9H10O2. The molecule has 0 fully saturated rings. The molecule has 0 atom stereocenters. The van der Waals surface area contributed by atoms with Crippen LogP contribution in [0.4, 0.5) is 0 Å². The van der Waals surface area contributed by atoms with E-state index < -0.39 is 0 Å². The molecule has 58 valence electrons. The van der Waals surface area contributed by atoms with Crippen LogP contribution in [0.15, 0.2) is 36.0 Å². The van der Waals surface area contributed by atoms with Crippen molar-refractivity contribution in [3.63, 3.8) is 0 Å².